The van der Waals surface area contributed by atoms with Crippen molar-refractivity contribution in [2.45, 2.75) is 22.8 Å². The second-order valence-electron chi connectivity index (χ2n) is 7.07. The first kappa shape index (κ1) is 19.8. The molecular formula is C22H19FN6OS. The van der Waals surface area contributed by atoms with Crippen LogP contribution in [0.25, 0.3) is 22.5 Å². The maximum Gasteiger partial charge on any atom is 0.194 e. The number of pyridine rings is 2. The number of aliphatic hydroxyl groups is 1. The van der Waals surface area contributed by atoms with Gasteiger partial charge in [0.05, 0.1) is 0 Å². The van der Waals surface area contributed by atoms with Gasteiger partial charge in [-0.05, 0) is 60.6 Å². The topological polar surface area (TPSA) is 88.8 Å². The number of aliphatic hydroxyl groups excluding tert-OH is 1. The summed E-state index contributed by atoms with van der Waals surface area (Å²) in [5.74, 6) is 0.320. The third-order valence-corrected chi connectivity index (χ3v) is 5.97. The zero-order chi connectivity index (χ0) is 21.2. The number of hydrogen-bond acceptors (Lipinski definition) is 7. The average Bonchev–Trinajstić information content (AvgIpc) is 3.23. The van der Waals surface area contributed by atoms with Gasteiger partial charge in [0.15, 0.2) is 11.0 Å². The van der Waals surface area contributed by atoms with E-state index in [1.54, 1.807) is 30.7 Å². The summed E-state index contributed by atoms with van der Waals surface area (Å²) in [5, 5.41) is 19.0. The highest BCUT2D eigenvalue weighted by atomic mass is 32.2. The number of fused-ring (bicyclic) bond motifs is 2. The van der Waals surface area contributed by atoms with E-state index in [0.29, 0.717) is 18.8 Å². The Morgan fingerprint density at radius 2 is 1.97 bits per heavy atom. The van der Waals surface area contributed by atoms with Crippen molar-refractivity contribution in [3.8, 4) is 22.5 Å². The number of nitrogens with one attached hydrogen (secondary N) is 1. The van der Waals surface area contributed by atoms with Gasteiger partial charge in [-0.2, -0.15) is 0 Å². The largest absolute Gasteiger partial charge is 0.396 e. The number of aromatic nitrogens is 5. The highest BCUT2D eigenvalue weighted by Crippen LogP contribution is 2.40. The molecule has 156 valence electrons. The maximum atomic E-state index is 13.3. The van der Waals surface area contributed by atoms with E-state index in [0.717, 1.165) is 32.4 Å². The second kappa shape index (κ2) is 8.54. The summed E-state index contributed by atoms with van der Waals surface area (Å²) in [6.45, 7) is 0.702. The van der Waals surface area contributed by atoms with Gasteiger partial charge in [0.25, 0.3) is 0 Å². The third-order valence-electron chi connectivity index (χ3n) is 4.98. The molecule has 0 spiro atoms. The summed E-state index contributed by atoms with van der Waals surface area (Å²) in [4.78, 5) is 13.5. The molecule has 0 radical (unpaired) electrons. The molecule has 0 saturated carbocycles. The third kappa shape index (κ3) is 3.95. The van der Waals surface area contributed by atoms with Gasteiger partial charge in [-0.15, -0.1) is 5.10 Å². The van der Waals surface area contributed by atoms with Gasteiger partial charge in [0.2, 0.25) is 0 Å². The van der Waals surface area contributed by atoms with Gasteiger partial charge in [-0.3, -0.25) is 10.3 Å². The molecule has 1 aromatic carbocycles. The fourth-order valence-corrected chi connectivity index (χ4v) is 4.39. The first-order valence-corrected chi connectivity index (χ1v) is 10.7. The summed E-state index contributed by atoms with van der Waals surface area (Å²) >= 11 is 1.46. The normalized spacial score (nSPS) is 14.8. The Morgan fingerprint density at radius 1 is 1.10 bits per heavy atom. The van der Waals surface area contributed by atoms with Gasteiger partial charge in [0.1, 0.15) is 17.0 Å². The van der Waals surface area contributed by atoms with Crippen LogP contribution in [0.2, 0.25) is 0 Å². The summed E-state index contributed by atoms with van der Waals surface area (Å²) in [6, 6.07) is 12.2. The lowest BCUT2D eigenvalue weighted by Crippen LogP contribution is -2.32. The Hall–Kier alpha value is -3.14. The Morgan fingerprint density at radius 3 is 2.74 bits per heavy atom. The second-order valence-corrected chi connectivity index (χ2v) is 8.02. The molecule has 5 rings (SSSR count). The molecule has 1 atom stereocenters. The van der Waals surface area contributed by atoms with E-state index in [9.17, 15) is 9.50 Å². The van der Waals surface area contributed by atoms with Crippen LogP contribution in [-0.2, 0) is 0 Å². The fraction of sp³-hybridized carbons (Fsp3) is 0.182. The lowest BCUT2D eigenvalue weighted by molar-refractivity contribution is 0.277. The molecule has 0 aliphatic carbocycles. The lowest BCUT2D eigenvalue weighted by atomic mass is 10.0. The van der Waals surface area contributed by atoms with E-state index in [4.69, 9.17) is 10.1 Å². The Labute approximate surface area is 182 Å². The van der Waals surface area contributed by atoms with E-state index in [-0.39, 0.29) is 18.6 Å². The zero-order valence-electron chi connectivity index (χ0n) is 16.4. The molecule has 0 unspecified atom stereocenters. The highest BCUT2D eigenvalue weighted by molar-refractivity contribution is 7.99. The number of benzene rings is 1. The van der Waals surface area contributed by atoms with Crippen molar-refractivity contribution in [2.75, 3.05) is 13.2 Å². The van der Waals surface area contributed by atoms with Crippen LogP contribution >= 0.6 is 11.8 Å². The van der Waals surface area contributed by atoms with E-state index in [1.165, 1.54) is 23.9 Å². The molecule has 0 fully saturated rings. The molecule has 4 aromatic rings. The van der Waals surface area contributed by atoms with Crippen LogP contribution in [0.3, 0.4) is 0 Å². The first-order valence-electron chi connectivity index (χ1n) is 9.88. The molecule has 2 N–H and O–H groups in total. The molecule has 0 saturated heterocycles. The standard InChI is InChI=1S/C22H19FN6OS/c23-17-6-4-14(5-7-17)16-11-18-20(25-9-2-10-30)29-22(31-21(18)26-13-16)27-19(28-29)15-3-1-8-24-12-15/h1,3-8,11-13,20,25,30H,2,9-10H2/t20-/m0/s1. The molecular weight excluding hydrogens is 415 g/mol. The molecule has 0 amide bonds. The summed E-state index contributed by atoms with van der Waals surface area (Å²) in [5.41, 5.74) is 3.57. The van der Waals surface area contributed by atoms with E-state index in [2.05, 4.69) is 15.3 Å². The van der Waals surface area contributed by atoms with Crippen molar-refractivity contribution in [3.05, 3.63) is 72.4 Å². The van der Waals surface area contributed by atoms with E-state index >= 15 is 0 Å². The van der Waals surface area contributed by atoms with Gasteiger partial charge < -0.3 is 5.11 Å². The predicted octanol–water partition coefficient (Wildman–Crippen LogP) is 3.52. The van der Waals surface area contributed by atoms with Crippen molar-refractivity contribution >= 4 is 11.8 Å². The molecule has 3 aromatic heterocycles. The maximum absolute atomic E-state index is 13.3. The van der Waals surface area contributed by atoms with Crippen molar-refractivity contribution in [1.82, 2.24) is 30.0 Å². The minimum absolute atomic E-state index is 0.0976. The van der Waals surface area contributed by atoms with Gasteiger partial charge in [-0.1, -0.05) is 12.1 Å². The average molecular weight is 435 g/mol. The Kier molecular flexibility index (Phi) is 5.46. The minimum atomic E-state index is -0.288. The van der Waals surface area contributed by atoms with Crippen LogP contribution in [0.1, 0.15) is 18.2 Å². The minimum Gasteiger partial charge on any atom is -0.396 e. The van der Waals surface area contributed by atoms with Crippen molar-refractivity contribution < 1.29 is 9.50 Å². The number of hydrogen-bond donors (Lipinski definition) is 2. The molecule has 1 aliphatic heterocycles. The first-order chi connectivity index (χ1) is 15.2. The van der Waals surface area contributed by atoms with Crippen LogP contribution in [0, 0.1) is 5.82 Å². The van der Waals surface area contributed by atoms with Crippen LogP contribution in [0.5, 0.6) is 0 Å². The van der Waals surface area contributed by atoms with Gasteiger partial charge in [-0.25, -0.2) is 19.0 Å². The van der Waals surface area contributed by atoms with Crippen LogP contribution in [0.4, 0.5) is 4.39 Å². The van der Waals surface area contributed by atoms with E-state index < -0.39 is 0 Å². The van der Waals surface area contributed by atoms with Gasteiger partial charge in [0, 0.05) is 41.9 Å². The Bertz CT molecular complexity index is 1200. The summed E-state index contributed by atoms with van der Waals surface area (Å²) < 4.78 is 15.2. The monoisotopic (exact) mass is 434 g/mol. The Balaban J connectivity index is 1.56. The van der Waals surface area contributed by atoms with Crippen LogP contribution in [-0.4, -0.2) is 43.0 Å². The predicted molar refractivity (Wildman–Crippen MR) is 115 cm³/mol. The number of nitrogens with zero attached hydrogens (tertiary/aromatic N) is 5. The van der Waals surface area contributed by atoms with Crippen LogP contribution < -0.4 is 5.32 Å². The van der Waals surface area contributed by atoms with Crippen molar-refractivity contribution in [2.24, 2.45) is 0 Å². The smallest absolute Gasteiger partial charge is 0.194 e. The quantitative estimate of drug-likeness (QED) is 0.449. The molecule has 4 heterocycles. The van der Waals surface area contributed by atoms with Crippen molar-refractivity contribution in [3.63, 3.8) is 0 Å². The molecule has 7 nitrogen and oxygen atoms in total. The molecule has 1 aliphatic rings. The molecule has 31 heavy (non-hydrogen) atoms. The number of rotatable bonds is 6. The summed E-state index contributed by atoms with van der Waals surface area (Å²) in [6.07, 6.45) is 5.56. The highest BCUT2D eigenvalue weighted by Gasteiger charge is 2.30. The van der Waals surface area contributed by atoms with E-state index in [1.807, 2.05) is 22.9 Å². The number of halogens is 1. The van der Waals surface area contributed by atoms with Crippen LogP contribution in [0.15, 0.2) is 71.2 Å². The van der Waals surface area contributed by atoms with Crippen molar-refractivity contribution in [1.29, 1.82) is 0 Å². The van der Waals surface area contributed by atoms with Gasteiger partial charge >= 0.3 is 0 Å². The zero-order valence-corrected chi connectivity index (χ0v) is 17.3. The lowest BCUT2D eigenvalue weighted by Gasteiger charge is -2.26. The molecule has 9 heteroatoms. The SMILES string of the molecule is OCCCN[C@@H]1c2cc(-c3ccc(F)cc3)cnc2Sc2nc(-c3cccnc3)nn21. The fourth-order valence-electron chi connectivity index (χ4n) is 3.45. The summed E-state index contributed by atoms with van der Waals surface area (Å²) in [7, 11) is 0. The molecule has 0 bridgehead atoms.